The van der Waals surface area contributed by atoms with Crippen LogP contribution in [0.4, 0.5) is 5.69 Å². The molecule has 110 valence electrons. The molecule has 0 radical (unpaired) electrons. The summed E-state index contributed by atoms with van der Waals surface area (Å²) in [6, 6.07) is 6.45. The molecule has 5 nitrogen and oxygen atoms in total. The first-order chi connectivity index (χ1) is 9.98. The smallest absolute Gasteiger partial charge is 0.278 e. The van der Waals surface area contributed by atoms with E-state index < -0.39 is 10.5 Å². The van der Waals surface area contributed by atoms with E-state index in [0.29, 0.717) is 28.5 Å². The molecule has 0 saturated carbocycles. The van der Waals surface area contributed by atoms with Gasteiger partial charge in [0, 0.05) is 11.5 Å². The van der Waals surface area contributed by atoms with Gasteiger partial charge in [0.25, 0.3) is 5.69 Å². The van der Waals surface area contributed by atoms with E-state index in [4.69, 9.17) is 16.3 Å². The third-order valence-corrected chi connectivity index (χ3v) is 4.15. The van der Waals surface area contributed by atoms with Crippen LogP contribution in [0.5, 0.6) is 5.75 Å². The highest BCUT2D eigenvalue weighted by molar-refractivity contribution is 6.34. The summed E-state index contributed by atoms with van der Waals surface area (Å²) in [5, 5.41) is 23.2. The van der Waals surface area contributed by atoms with Gasteiger partial charge in [-0.15, -0.1) is 0 Å². The van der Waals surface area contributed by atoms with Gasteiger partial charge in [-0.05, 0) is 18.1 Å². The number of aliphatic hydroxyl groups is 1. The van der Waals surface area contributed by atoms with Gasteiger partial charge >= 0.3 is 0 Å². The van der Waals surface area contributed by atoms with Crippen LogP contribution in [0.25, 0.3) is 10.8 Å². The molecule has 1 N–H and O–H groups in total. The highest BCUT2D eigenvalue weighted by Gasteiger charge is 2.38. The average molecular weight is 308 g/mol. The molecular weight excluding hydrogens is 294 g/mol. The lowest BCUT2D eigenvalue weighted by atomic mass is 9.84. The fraction of sp³-hybridized carbons (Fsp3) is 0.333. The number of non-ortho nitro benzene ring substituents is 1. The van der Waals surface area contributed by atoms with Crippen molar-refractivity contribution in [1.29, 1.82) is 0 Å². The summed E-state index contributed by atoms with van der Waals surface area (Å²) in [4.78, 5) is 10.8. The van der Waals surface area contributed by atoms with Crippen molar-refractivity contribution in [3.8, 4) is 5.75 Å². The number of nitro benzene ring substituents is 1. The SMILES string of the molecule is CCCC1(O)COc2c(Cl)cc([N+](=O)[O-])c3cccc1c23. The standard InChI is InChI=1S/C15H14ClNO4/c1-2-6-15(18)8-21-14-11(16)7-12(17(19)20)9-4-3-5-10(15)13(9)14/h3-5,7,18H,2,6,8H2,1H3. The maximum Gasteiger partial charge on any atom is 0.278 e. The predicted octanol–water partition coefficient (Wildman–Crippen LogP) is 3.78. The van der Waals surface area contributed by atoms with Gasteiger partial charge in [0.2, 0.25) is 0 Å². The second kappa shape index (κ2) is 4.86. The minimum Gasteiger partial charge on any atom is -0.488 e. The largest absolute Gasteiger partial charge is 0.488 e. The number of rotatable bonds is 3. The molecule has 1 atom stereocenters. The molecule has 0 bridgehead atoms. The van der Waals surface area contributed by atoms with Gasteiger partial charge in [-0.3, -0.25) is 10.1 Å². The molecule has 0 saturated heterocycles. The van der Waals surface area contributed by atoms with Crippen LogP contribution >= 0.6 is 11.6 Å². The Kier molecular flexibility index (Phi) is 3.26. The Labute approximate surface area is 126 Å². The Bertz CT molecular complexity index is 746. The predicted molar refractivity (Wildman–Crippen MR) is 79.9 cm³/mol. The lowest BCUT2D eigenvalue weighted by molar-refractivity contribution is -0.383. The fourth-order valence-electron chi connectivity index (χ4n) is 2.96. The van der Waals surface area contributed by atoms with Crippen LogP contribution in [0.3, 0.4) is 0 Å². The maximum atomic E-state index is 11.2. The van der Waals surface area contributed by atoms with Crippen LogP contribution in [-0.2, 0) is 5.60 Å². The van der Waals surface area contributed by atoms with Crippen molar-refractivity contribution in [2.24, 2.45) is 0 Å². The molecule has 0 aliphatic carbocycles. The Morgan fingerprint density at radius 1 is 1.52 bits per heavy atom. The van der Waals surface area contributed by atoms with Crippen molar-refractivity contribution < 1.29 is 14.8 Å². The van der Waals surface area contributed by atoms with Crippen LogP contribution in [0, 0.1) is 10.1 Å². The molecule has 21 heavy (non-hydrogen) atoms. The van der Waals surface area contributed by atoms with E-state index in [9.17, 15) is 15.2 Å². The first-order valence-electron chi connectivity index (χ1n) is 6.73. The van der Waals surface area contributed by atoms with E-state index in [0.717, 1.165) is 6.42 Å². The van der Waals surface area contributed by atoms with Crippen molar-refractivity contribution in [3.63, 3.8) is 0 Å². The zero-order valence-electron chi connectivity index (χ0n) is 11.4. The number of nitrogens with zero attached hydrogens (tertiary/aromatic N) is 1. The molecule has 3 rings (SSSR count). The lowest BCUT2D eigenvalue weighted by Gasteiger charge is -2.34. The van der Waals surface area contributed by atoms with E-state index >= 15 is 0 Å². The van der Waals surface area contributed by atoms with Gasteiger partial charge in [-0.25, -0.2) is 0 Å². The normalized spacial score (nSPS) is 20.3. The van der Waals surface area contributed by atoms with Crippen molar-refractivity contribution >= 4 is 28.1 Å². The number of benzene rings is 2. The zero-order valence-corrected chi connectivity index (χ0v) is 12.2. The second-order valence-corrected chi connectivity index (χ2v) is 5.67. The Hall–Kier alpha value is -1.85. The Morgan fingerprint density at radius 3 is 2.95 bits per heavy atom. The van der Waals surface area contributed by atoms with Gasteiger partial charge < -0.3 is 9.84 Å². The van der Waals surface area contributed by atoms with E-state index in [1.54, 1.807) is 18.2 Å². The summed E-state index contributed by atoms with van der Waals surface area (Å²) in [5.74, 6) is 0.411. The van der Waals surface area contributed by atoms with Gasteiger partial charge in [0.05, 0.1) is 15.3 Å². The Morgan fingerprint density at radius 2 is 2.29 bits per heavy atom. The summed E-state index contributed by atoms with van der Waals surface area (Å²) in [6.07, 6.45) is 1.29. The number of ether oxygens (including phenoxy) is 1. The first-order valence-corrected chi connectivity index (χ1v) is 7.11. The van der Waals surface area contributed by atoms with Crippen LogP contribution in [0.1, 0.15) is 25.3 Å². The van der Waals surface area contributed by atoms with Crippen LogP contribution in [0.2, 0.25) is 5.02 Å². The number of hydrogen-bond donors (Lipinski definition) is 1. The van der Waals surface area contributed by atoms with Crippen LogP contribution in [0.15, 0.2) is 24.3 Å². The number of halogens is 1. The molecular formula is C15H14ClNO4. The monoisotopic (exact) mass is 307 g/mol. The van der Waals surface area contributed by atoms with E-state index in [1.165, 1.54) is 6.07 Å². The molecule has 0 spiro atoms. The topological polar surface area (TPSA) is 72.6 Å². The summed E-state index contributed by atoms with van der Waals surface area (Å²) in [6.45, 7) is 2.07. The van der Waals surface area contributed by atoms with Gasteiger partial charge in [-0.1, -0.05) is 37.1 Å². The number of nitro groups is 1. The molecule has 1 unspecified atom stereocenters. The van der Waals surface area contributed by atoms with E-state index in [-0.39, 0.29) is 17.3 Å². The van der Waals surface area contributed by atoms with Crippen molar-refractivity contribution in [2.45, 2.75) is 25.4 Å². The quantitative estimate of drug-likeness (QED) is 0.692. The molecule has 1 aliphatic heterocycles. The van der Waals surface area contributed by atoms with Crippen LogP contribution in [-0.4, -0.2) is 16.6 Å². The molecule has 6 heteroatoms. The summed E-state index contributed by atoms with van der Waals surface area (Å²) in [5.41, 5.74) is -0.571. The average Bonchev–Trinajstić information content (AvgIpc) is 2.44. The maximum absolute atomic E-state index is 11.2. The molecule has 1 heterocycles. The van der Waals surface area contributed by atoms with E-state index in [2.05, 4.69) is 0 Å². The minimum absolute atomic E-state index is 0.0788. The summed E-state index contributed by atoms with van der Waals surface area (Å²) in [7, 11) is 0. The fourth-order valence-corrected chi connectivity index (χ4v) is 3.22. The summed E-state index contributed by atoms with van der Waals surface area (Å²) >= 11 is 6.12. The van der Waals surface area contributed by atoms with E-state index in [1.807, 2.05) is 6.92 Å². The third-order valence-electron chi connectivity index (χ3n) is 3.86. The van der Waals surface area contributed by atoms with Gasteiger partial charge in [0.1, 0.15) is 18.0 Å². The Balaban J connectivity index is 2.40. The third kappa shape index (κ3) is 2.04. The highest BCUT2D eigenvalue weighted by Crippen LogP contribution is 2.47. The molecule has 2 aromatic carbocycles. The minimum atomic E-state index is -1.14. The molecule has 1 aliphatic rings. The molecule has 2 aromatic rings. The van der Waals surface area contributed by atoms with Gasteiger partial charge in [0.15, 0.2) is 0 Å². The molecule has 0 fully saturated rings. The van der Waals surface area contributed by atoms with Crippen molar-refractivity contribution in [2.75, 3.05) is 6.61 Å². The zero-order chi connectivity index (χ0) is 15.2. The number of hydrogen-bond acceptors (Lipinski definition) is 4. The second-order valence-electron chi connectivity index (χ2n) is 5.26. The highest BCUT2D eigenvalue weighted by atomic mass is 35.5. The van der Waals surface area contributed by atoms with Crippen molar-refractivity contribution in [1.82, 2.24) is 0 Å². The molecule has 0 amide bonds. The van der Waals surface area contributed by atoms with Gasteiger partial charge in [-0.2, -0.15) is 0 Å². The summed E-state index contributed by atoms with van der Waals surface area (Å²) < 4.78 is 5.62. The first kappa shape index (κ1) is 14.1. The molecule has 0 aromatic heterocycles. The van der Waals surface area contributed by atoms with Crippen LogP contribution < -0.4 is 4.74 Å². The van der Waals surface area contributed by atoms with Crippen molar-refractivity contribution in [3.05, 3.63) is 45.0 Å². The lowest BCUT2D eigenvalue weighted by Crippen LogP contribution is -2.36.